The molecule has 11 aromatic rings. The van der Waals surface area contributed by atoms with Crippen LogP contribution >= 0.6 is 0 Å². The first kappa shape index (κ1) is 37.1. The molecule has 2 aliphatic rings. The Balaban J connectivity index is 0.988. The van der Waals surface area contributed by atoms with Crippen molar-refractivity contribution in [1.29, 1.82) is 0 Å². The summed E-state index contributed by atoms with van der Waals surface area (Å²) in [5, 5.41) is 2.49. The second kappa shape index (κ2) is 14.6. The van der Waals surface area contributed by atoms with Gasteiger partial charge in [0.15, 0.2) is 0 Å². The van der Waals surface area contributed by atoms with Crippen LogP contribution in [0.2, 0.25) is 0 Å². The standard InChI is InChI=1S/C63H42N2/c1-42-51-23-11-12-24-52(51)53-36-34-49(40-57(42)53)64(48-32-29-43(30-33-48)44-31-38-62-58(39-44)56-26-14-16-28-61(56)65(62)47-21-9-4-10-22-47)50-35-37-55-54-25-13-15-27-59(54)63(60(55)41-50,45-17-5-2-6-18-45)46-19-7-3-8-20-46/h2-41H,1H2. The SMILES string of the molecule is C=C1c2ccccc2-c2ccc(N(c3ccc(-c4ccc5c(c4)c4ccccc4n5-c4ccccc4)cc3)c3ccc4c(c3)C(c3ccccc3)(c3ccccc3)c3ccccc3-4)cc21. The van der Waals surface area contributed by atoms with Crippen LogP contribution in [0.1, 0.15) is 33.4 Å². The molecule has 65 heavy (non-hydrogen) atoms. The minimum absolute atomic E-state index is 0.518. The molecule has 2 heteroatoms. The van der Waals surface area contributed by atoms with Gasteiger partial charge in [-0.1, -0.05) is 183 Å². The summed E-state index contributed by atoms with van der Waals surface area (Å²) in [5.41, 5.74) is 22.2. The molecule has 0 saturated carbocycles. The Morgan fingerprint density at radius 1 is 0.338 bits per heavy atom. The fourth-order valence-corrected chi connectivity index (χ4v) is 11.1. The van der Waals surface area contributed by atoms with Crippen LogP contribution < -0.4 is 4.90 Å². The molecule has 10 aromatic carbocycles. The quantitative estimate of drug-likeness (QED) is 0.155. The summed E-state index contributed by atoms with van der Waals surface area (Å²) < 4.78 is 2.37. The van der Waals surface area contributed by atoms with Crippen molar-refractivity contribution < 1.29 is 0 Å². The lowest BCUT2D eigenvalue weighted by Crippen LogP contribution is -2.28. The molecule has 0 amide bonds. The fourth-order valence-electron chi connectivity index (χ4n) is 11.1. The van der Waals surface area contributed by atoms with Gasteiger partial charge in [-0.25, -0.2) is 0 Å². The Bertz CT molecular complexity index is 3620. The van der Waals surface area contributed by atoms with Gasteiger partial charge in [0.2, 0.25) is 0 Å². The molecule has 2 aliphatic carbocycles. The predicted molar refractivity (Wildman–Crippen MR) is 272 cm³/mol. The van der Waals surface area contributed by atoms with Crippen molar-refractivity contribution in [3.05, 3.63) is 283 Å². The van der Waals surface area contributed by atoms with Crippen molar-refractivity contribution >= 4 is 44.4 Å². The van der Waals surface area contributed by atoms with E-state index in [2.05, 4.69) is 259 Å². The Labute approximate surface area is 379 Å². The molecule has 0 atom stereocenters. The zero-order valence-corrected chi connectivity index (χ0v) is 35.7. The third-order valence-corrected chi connectivity index (χ3v) is 14.0. The highest BCUT2D eigenvalue weighted by Gasteiger charge is 2.46. The van der Waals surface area contributed by atoms with Crippen molar-refractivity contribution in [3.8, 4) is 39.1 Å². The van der Waals surface area contributed by atoms with E-state index < -0.39 is 5.41 Å². The molecule has 1 heterocycles. The number of fused-ring (bicyclic) bond motifs is 9. The monoisotopic (exact) mass is 826 g/mol. The molecule has 2 nitrogen and oxygen atoms in total. The summed E-state index contributed by atoms with van der Waals surface area (Å²) in [6, 6.07) is 89.2. The maximum Gasteiger partial charge on any atom is 0.0714 e. The summed E-state index contributed by atoms with van der Waals surface area (Å²) in [5.74, 6) is 0. The van der Waals surface area contributed by atoms with Crippen molar-refractivity contribution in [2.24, 2.45) is 0 Å². The normalized spacial score (nSPS) is 13.1. The second-order valence-electron chi connectivity index (χ2n) is 17.3. The van der Waals surface area contributed by atoms with Crippen LogP contribution in [0.3, 0.4) is 0 Å². The van der Waals surface area contributed by atoms with Crippen LogP contribution in [0.4, 0.5) is 17.1 Å². The van der Waals surface area contributed by atoms with Gasteiger partial charge in [0.05, 0.1) is 16.4 Å². The van der Waals surface area contributed by atoms with Gasteiger partial charge in [0, 0.05) is 33.5 Å². The zero-order chi connectivity index (χ0) is 43.1. The van der Waals surface area contributed by atoms with Crippen molar-refractivity contribution in [1.82, 2.24) is 4.57 Å². The molecule has 0 fully saturated rings. The van der Waals surface area contributed by atoms with Gasteiger partial charge in [-0.05, 0) is 139 Å². The van der Waals surface area contributed by atoms with E-state index in [9.17, 15) is 0 Å². The molecule has 0 spiro atoms. The molecule has 0 unspecified atom stereocenters. The summed E-state index contributed by atoms with van der Waals surface area (Å²) in [4.78, 5) is 2.43. The van der Waals surface area contributed by atoms with Gasteiger partial charge in [-0.2, -0.15) is 0 Å². The van der Waals surface area contributed by atoms with E-state index in [0.717, 1.165) is 28.3 Å². The number of hydrogen-bond acceptors (Lipinski definition) is 1. The summed E-state index contributed by atoms with van der Waals surface area (Å²) >= 11 is 0. The second-order valence-corrected chi connectivity index (χ2v) is 17.3. The molecule has 0 bridgehead atoms. The van der Waals surface area contributed by atoms with Crippen LogP contribution in [0, 0.1) is 0 Å². The van der Waals surface area contributed by atoms with Gasteiger partial charge in [-0.15, -0.1) is 0 Å². The highest BCUT2D eigenvalue weighted by Crippen LogP contribution is 2.57. The van der Waals surface area contributed by atoms with Crippen LogP contribution in [0.5, 0.6) is 0 Å². The number of nitrogens with zero attached hydrogens (tertiary/aromatic N) is 2. The minimum Gasteiger partial charge on any atom is -0.310 e. The van der Waals surface area contributed by atoms with Gasteiger partial charge >= 0.3 is 0 Å². The first-order valence-electron chi connectivity index (χ1n) is 22.4. The van der Waals surface area contributed by atoms with E-state index in [4.69, 9.17) is 0 Å². The first-order chi connectivity index (χ1) is 32.2. The molecule has 1 aromatic heterocycles. The molecular weight excluding hydrogens is 785 g/mol. The van der Waals surface area contributed by atoms with E-state index in [1.54, 1.807) is 0 Å². The van der Waals surface area contributed by atoms with Crippen molar-refractivity contribution in [2.45, 2.75) is 5.41 Å². The number of aromatic nitrogens is 1. The summed E-state index contributed by atoms with van der Waals surface area (Å²) in [6.07, 6.45) is 0. The third-order valence-electron chi connectivity index (χ3n) is 14.0. The van der Waals surface area contributed by atoms with Crippen LogP contribution in [0.15, 0.2) is 249 Å². The summed E-state index contributed by atoms with van der Waals surface area (Å²) in [7, 11) is 0. The molecule has 0 aliphatic heterocycles. The molecule has 0 N–H and O–H groups in total. The topological polar surface area (TPSA) is 8.17 Å². The van der Waals surface area contributed by atoms with Crippen molar-refractivity contribution in [3.63, 3.8) is 0 Å². The highest BCUT2D eigenvalue weighted by atomic mass is 15.1. The average molecular weight is 827 g/mol. The molecule has 13 rings (SSSR count). The Kier molecular flexibility index (Phi) is 8.31. The van der Waals surface area contributed by atoms with E-state index in [1.165, 1.54) is 88.6 Å². The maximum atomic E-state index is 4.62. The number of benzene rings is 10. The lowest BCUT2D eigenvalue weighted by molar-refractivity contribution is 0.768. The Morgan fingerprint density at radius 3 is 1.60 bits per heavy atom. The molecular formula is C63H42N2. The fraction of sp³-hybridized carbons (Fsp3) is 0.0159. The van der Waals surface area contributed by atoms with Crippen LogP contribution in [-0.4, -0.2) is 4.57 Å². The van der Waals surface area contributed by atoms with Gasteiger partial charge in [0.1, 0.15) is 0 Å². The lowest BCUT2D eigenvalue weighted by Gasteiger charge is -2.35. The lowest BCUT2D eigenvalue weighted by atomic mass is 9.67. The van der Waals surface area contributed by atoms with Crippen LogP contribution in [-0.2, 0) is 5.41 Å². The largest absolute Gasteiger partial charge is 0.310 e. The van der Waals surface area contributed by atoms with Gasteiger partial charge in [-0.3, -0.25) is 0 Å². The number of hydrogen-bond donors (Lipinski definition) is 0. The average Bonchev–Trinajstić information content (AvgIpc) is 3.98. The minimum atomic E-state index is -0.518. The Morgan fingerprint density at radius 2 is 0.862 bits per heavy atom. The van der Waals surface area contributed by atoms with Gasteiger partial charge in [0.25, 0.3) is 0 Å². The van der Waals surface area contributed by atoms with Crippen LogP contribution in [0.25, 0.3) is 66.4 Å². The predicted octanol–water partition coefficient (Wildman–Crippen LogP) is 16.3. The van der Waals surface area contributed by atoms with E-state index in [1.807, 2.05) is 0 Å². The highest BCUT2D eigenvalue weighted by molar-refractivity contribution is 6.10. The number of para-hydroxylation sites is 2. The maximum absolute atomic E-state index is 4.62. The zero-order valence-electron chi connectivity index (χ0n) is 35.7. The van der Waals surface area contributed by atoms with E-state index in [-0.39, 0.29) is 0 Å². The smallest absolute Gasteiger partial charge is 0.0714 e. The molecule has 0 radical (unpaired) electrons. The third kappa shape index (κ3) is 5.54. The molecule has 0 saturated heterocycles. The number of anilines is 3. The first-order valence-corrected chi connectivity index (χ1v) is 22.4. The van der Waals surface area contributed by atoms with Crippen molar-refractivity contribution in [2.75, 3.05) is 4.90 Å². The summed E-state index contributed by atoms with van der Waals surface area (Å²) in [6.45, 7) is 4.62. The Hall–Kier alpha value is -8.46. The van der Waals surface area contributed by atoms with E-state index >= 15 is 0 Å². The molecule has 304 valence electrons. The van der Waals surface area contributed by atoms with Gasteiger partial charge < -0.3 is 9.47 Å². The van der Waals surface area contributed by atoms with E-state index in [0.29, 0.717) is 0 Å². The number of rotatable bonds is 7.